The van der Waals surface area contributed by atoms with Crippen molar-refractivity contribution < 1.29 is 24.2 Å². The Balaban J connectivity index is 3.67. The van der Waals surface area contributed by atoms with Crippen molar-refractivity contribution in [2.45, 2.75) is 277 Å². The van der Waals surface area contributed by atoms with Gasteiger partial charge in [-0.25, -0.2) is 0 Å². The normalized spacial score (nSPS) is 13.8. The van der Waals surface area contributed by atoms with Crippen molar-refractivity contribution in [3.8, 4) is 0 Å². The van der Waals surface area contributed by atoms with Crippen molar-refractivity contribution in [2.75, 3.05) is 13.2 Å². The fraction of sp³-hybridized carbons (Fsp3) is 0.495. The maximum atomic E-state index is 12.4. The Kier molecular flexibility index (Phi) is 76.6. The van der Waals surface area contributed by atoms with Gasteiger partial charge < -0.3 is 14.6 Å². The molecule has 0 aromatic carbocycles. The highest BCUT2D eigenvalue weighted by atomic mass is 16.6. The number of hydrogen-bond donors (Lipinski definition) is 1. The maximum Gasteiger partial charge on any atom is 0.306 e. The van der Waals surface area contributed by atoms with E-state index in [-0.39, 0.29) is 25.2 Å². The molecular weight excluding hydrogens is 1170 g/mol. The number of aliphatic hydroxyl groups excluding tert-OH is 1. The fourth-order valence-electron chi connectivity index (χ4n) is 9.45. The van der Waals surface area contributed by atoms with Crippen LogP contribution in [0.4, 0.5) is 0 Å². The molecule has 0 aliphatic rings. The number of rotatable bonds is 66. The molecule has 530 valence electrons. The number of ether oxygens (including phenoxy) is 2. The van der Waals surface area contributed by atoms with Crippen LogP contribution in [0.15, 0.2) is 267 Å². The summed E-state index contributed by atoms with van der Waals surface area (Å²) in [6.07, 6.45) is 138. The number of unbranched alkanes of at least 4 members (excludes halogenated alkanes) is 14. The molecule has 0 saturated carbocycles. The first-order chi connectivity index (χ1) is 47.6. The van der Waals surface area contributed by atoms with Crippen molar-refractivity contribution in [3.63, 3.8) is 0 Å². The van der Waals surface area contributed by atoms with E-state index in [4.69, 9.17) is 9.47 Å². The molecule has 0 amide bonds. The van der Waals surface area contributed by atoms with Crippen molar-refractivity contribution in [3.05, 3.63) is 267 Å². The molecule has 0 saturated heterocycles. The summed E-state index contributed by atoms with van der Waals surface area (Å²) >= 11 is 0. The number of carbonyl (C=O) groups excluding carboxylic acids is 2. The SMILES string of the molecule is CC/C=C\C/C=C\C/C=C\C/C=C\C/C=C\C/C=C\C/C=C\C/C=C\C/C=C\C/C=C\C/C=C\C/C=C\CCCCCCC(=O)OC(CO)COC(=O)CCCCCCCCCCCC/C=C\C/C=C\C/C=C\C/C=C\C/C=C\C/C=C\C/C=C\C/C=C\C/C=C\C/C=C\CC. The van der Waals surface area contributed by atoms with Gasteiger partial charge in [0.2, 0.25) is 0 Å². The minimum absolute atomic E-state index is 0.0956. The summed E-state index contributed by atoms with van der Waals surface area (Å²) in [6, 6.07) is 0. The van der Waals surface area contributed by atoms with Gasteiger partial charge >= 0.3 is 11.9 Å². The molecule has 0 aliphatic carbocycles. The summed E-state index contributed by atoms with van der Waals surface area (Å²) in [7, 11) is 0. The van der Waals surface area contributed by atoms with Crippen LogP contribution in [0.1, 0.15) is 271 Å². The third kappa shape index (κ3) is 79.6. The average molecular weight is 1310 g/mol. The van der Waals surface area contributed by atoms with Crippen LogP contribution in [-0.2, 0) is 19.1 Å². The first kappa shape index (κ1) is 89.2. The molecule has 0 heterocycles. The van der Waals surface area contributed by atoms with Crippen molar-refractivity contribution in [2.24, 2.45) is 0 Å². The quantitative estimate of drug-likeness (QED) is 0.0373. The van der Waals surface area contributed by atoms with Gasteiger partial charge in [0.1, 0.15) is 6.61 Å². The molecule has 0 aromatic rings. The third-order valence-corrected chi connectivity index (χ3v) is 15.0. The predicted octanol–water partition coefficient (Wildman–Crippen LogP) is 27.3. The van der Waals surface area contributed by atoms with Gasteiger partial charge in [-0.05, 0) is 180 Å². The minimum atomic E-state index is -0.810. The lowest BCUT2D eigenvalue weighted by atomic mass is 10.1. The molecule has 1 atom stereocenters. The Bertz CT molecular complexity index is 2430. The molecule has 1 N–H and O–H groups in total. The zero-order chi connectivity index (χ0) is 69.0. The molecule has 0 fully saturated rings. The molecule has 0 spiro atoms. The van der Waals surface area contributed by atoms with Crippen LogP contribution < -0.4 is 0 Å². The molecule has 96 heavy (non-hydrogen) atoms. The van der Waals surface area contributed by atoms with Gasteiger partial charge in [0.25, 0.3) is 0 Å². The predicted molar refractivity (Wildman–Crippen MR) is 425 cm³/mol. The Labute approximate surface area is 590 Å². The second-order valence-corrected chi connectivity index (χ2v) is 23.9. The zero-order valence-corrected chi connectivity index (χ0v) is 60.8. The van der Waals surface area contributed by atoms with Gasteiger partial charge in [0.15, 0.2) is 6.10 Å². The van der Waals surface area contributed by atoms with Crippen LogP contribution >= 0.6 is 0 Å². The highest BCUT2D eigenvalue weighted by molar-refractivity contribution is 5.70. The van der Waals surface area contributed by atoms with Crippen LogP contribution in [0, 0.1) is 0 Å². The lowest BCUT2D eigenvalue weighted by molar-refractivity contribution is -0.161. The second-order valence-electron chi connectivity index (χ2n) is 23.9. The van der Waals surface area contributed by atoms with Gasteiger partial charge in [0.05, 0.1) is 6.61 Å². The van der Waals surface area contributed by atoms with Gasteiger partial charge in [-0.15, -0.1) is 0 Å². The molecule has 0 aliphatic heterocycles. The van der Waals surface area contributed by atoms with Crippen LogP contribution in [-0.4, -0.2) is 36.4 Å². The smallest absolute Gasteiger partial charge is 0.306 e. The molecule has 0 rings (SSSR count). The zero-order valence-electron chi connectivity index (χ0n) is 60.8. The lowest BCUT2D eigenvalue weighted by Gasteiger charge is -2.15. The van der Waals surface area contributed by atoms with Gasteiger partial charge in [-0.3, -0.25) is 9.59 Å². The fourth-order valence-corrected chi connectivity index (χ4v) is 9.45. The first-order valence-corrected chi connectivity index (χ1v) is 37.9. The average Bonchev–Trinajstić information content (AvgIpc) is 3.79. The summed E-state index contributed by atoms with van der Waals surface area (Å²) in [5, 5.41) is 9.71. The molecule has 5 heteroatoms. The van der Waals surface area contributed by atoms with Crippen molar-refractivity contribution in [1.29, 1.82) is 0 Å². The number of aliphatic hydroxyl groups is 1. The van der Waals surface area contributed by atoms with Gasteiger partial charge in [-0.2, -0.15) is 0 Å². The standard InChI is InChI=1S/C91H136O5/c1-3-5-7-9-11-13-15-17-19-21-23-25-27-29-31-33-35-37-39-41-43-45-47-49-51-53-55-57-59-61-63-65-67-69-71-73-75-77-79-81-83-85-90(93)95-88-89(87-92)96-91(94)86-84-82-80-78-76-74-72-70-68-66-64-62-60-58-56-54-52-50-48-46-44-42-40-38-36-34-32-30-28-26-24-22-20-18-16-14-12-10-8-6-4-2/h5-8,11-14,17-20,23-26,29-32,35-38,41-44,47-50,53-56,59-62,66,68,72,74,89,92H,3-4,9-10,15-16,21-22,27-28,33-34,39-40,45-46,51-52,57-58,63-65,67,69-71,73,75-88H2,1-2H3/b7-5-,8-6-,13-11-,14-12-,19-17-,20-18-,25-23-,26-24-,31-29-,32-30-,37-35-,38-36-,43-41-,44-42-,49-47-,50-48-,55-53-,56-54-,61-59-,62-60-,68-66-,74-72-. The molecule has 0 radical (unpaired) electrons. The van der Waals surface area contributed by atoms with E-state index in [1.54, 1.807) is 0 Å². The molecule has 1 unspecified atom stereocenters. The van der Waals surface area contributed by atoms with Gasteiger partial charge in [0, 0.05) is 12.8 Å². The third-order valence-electron chi connectivity index (χ3n) is 15.0. The van der Waals surface area contributed by atoms with Crippen LogP contribution in [0.5, 0.6) is 0 Å². The Hall–Kier alpha value is -6.82. The van der Waals surface area contributed by atoms with E-state index in [1.807, 2.05) is 0 Å². The van der Waals surface area contributed by atoms with E-state index in [2.05, 4.69) is 281 Å². The molecule has 0 bridgehead atoms. The summed E-state index contributed by atoms with van der Waals surface area (Å²) in [6.45, 7) is 3.87. The number of hydrogen-bond acceptors (Lipinski definition) is 5. The second kappa shape index (κ2) is 82.4. The van der Waals surface area contributed by atoms with Crippen LogP contribution in [0.2, 0.25) is 0 Å². The first-order valence-electron chi connectivity index (χ1n) is 37.9. The van der Waals surface area contributed by atoms with E-state index < -0.39 is 6.10 Å². The Morgan fingerprint density at radius 2 is 0.417 bits per heavy atom. The lowest BCUT2D eigenvalue weighted by Crippen LogP contribution is -2.28. The summed E-state index contributed by atoms with van der Waals surface area (Å²) in [4.78, 5) is 24.7. The Morgan fingerprint density at radius 3 is 0.625 bits per heavy atom. The highest BCUT2D eigenvalue weighted by Gasteiger charge is 2.16. The largest absolute Gasteiger partial charge is 0.462 e. The van der Waals surface area contributed by atoms with E-state index in [9.17, 15) is 14.7 Å². The highest BCUT2D eigenvalue weighted by Crippen LogP contribution is 2.14. The molecular formula is C91H136O5. The monoisotopic (exact) mass is 1310 g/mol. The summed E-state index contributed by atoms with van der Waals surface area (Å²) < 4.78 is 10.7. The van der Waals surface area contributed by atoms with Crippen molar-refractivity contribution >= 4 is 11.9 Å². The topological polar surface area (TPSA) is 72.8 Å². The number of carbonyl (C=O) groups is 2. The van der Waals surface area contributed by atoms with Crippen molar-refractivity contribution in [1.82, 2.24) is 0 Å². The van der Waals surface area contributed by atoms with Crippen LogP contribution in [0.3, 0.4) is 0 Å². The van der Waals surface area contributed by atoms with Crippen LogP contribution in [0.25, 0.3) is 0 Å². The minimum Gasteiger partial charge on any atom is -0.462 e. The molecule has 5 nitrogen and oxygen atoms in total. The maximum absolute atomic E-state index is 12.4. The summed E-state index contributed by atoms with van der Waals surface area (Å²) in [5.41, 5.74) is 0. The van der Waals surface area contributed by atoms with E-state index in [1.165, 1.54) is 51.4 Å². The number of esters is 2. The van der Waals surface area contributed by atoms with E-state index >= 15 is 0 Å². The van der Waals surface area contributed by atoms with E-state index in [0.717, 1.165) is 193 Å². The Morgan fingerprint density at radius 1 is 0.240 bits per heavy atom. The van der Waals surface area contributed by atoms with Gasteiger partial charge in [-0.1, -0.05) is 345 Å². The number of allylic oxidation sites excluding steroid dienone is 44. The molecule has 0 aromatic heterocycles. The van der Waals surface area contributed by atoms with E-state index in [0.29, 0.717) is 12.8 Å². The summed E-state index contributed by atoms with van der Waals surface area (Å²) in [5.74, 6) is -0.643.